The monoisotopic (exact) mass is 423 g/mol. The average molecular weight is 424 g/mol. The van der Waals surface area contributed by atoms with E-state index < -0.39 is 0 Å². The minimum absolute atomic E-state index is 0.0438. The first-order valence-corrected chi connectivity index (χ1v) is 11.3. The Bertz CT molecular complexity index is 1150. The third kappa shape index (κ3) is 4.50. The molecule has 3 aromatic carbocycles. The lowest BCUT2D eigenvalue weighted by Gasteiger charge is -2.20. The summed E-state index contributed by atoms with van der Waals surface area (Å²) in [6.07, 6.45) is 1.86. The highest BCUT2D eigenvalue weighted by atomic mass is 16.2. The molecule has 1 atom stereocenters. The molecule has 32 heavy (non-hydrogen) atoms. The number of carbonyl (C=O) groups is 1. The molecular formula is C28H29N3O. The highest BCUT2D eigenvalue weighted by molar-refractivity contribution is 5.99. The van der Waals surface area contributed by atoms with Crippen LogP contribution in [0, 0.1) is 0 Å². The number of nitrogens with zero attached hydrogens (tertiary/aromatic N) is 2. The number of rotatable bonds is 8. The standard InChI is InChI=1S/C28H29N3O/c1-3-14-24(21-15-8-5-9-16-21)29-28(32)26-25(22-17-10-6-11-18-22)30-27(31(26)4-2)23-19-12-7-13-20-23/h5-13,15-20,24H,3-4,14H2,1-2H3,(H,29,32). The Hall–Kier alpha value is -3.66. The van der Waals surface area contributed by atoms with E-state index in [4.69, 9.17) is 4.98 Å². The first-order chi connectivity index (χ1) is 15.7. The van der Waals surface area contributed by atoms with Gasteiger partial charge in [0.2, 0.25) is 0 Å². The second-order valence-corrected chi connectivity index (χ2v) is 7.83. The summed E-state index contributed by atoms with van der Waals surface area (Å²) in [6, 6.07) is 30.2. The summed E-state index contributed by atoms with van der Waals surface area (Å²) >= 11 is 0. The zero-order valence-electron chi connectivity index (χ0n) is 18.7. The van der Waals surface area contributed by atoms with Crippen molar-refractivity contribution in [3.05, 3.63) is 102 Å². The molecule has 4 rings (SSSR count). The summed E-state index contributed by atoms with van der Waals surface area (Å²) in [5.74, 6) is 0.714. The molecule has 0 fully saturated rings. The molecule has 162 valence electrons. The van der Waals surface area contributed by atoms with Crippen LogP contribution in [0.1, 0.15) is 48.8 Å². The van der Waals surface area contributed by atoms with Gasteiger partial charge in [-0.1, -0.05) is 104 Å². The Balaban J connectivity index is 1.81. The van der Waals surface area contributed by atoms with Crippen molar-refractivity contribution in [1.29, 1.82) is 0 Å². The van der Waals surface area contributed by atoms with Crippen LogP contribution in [0.2, 0.25) is 0 Å². The van der Waals surface area contributed by atoms with E-state index in [1.807, 2.05) is 83.4 Å². The smallest absolute Gasteiger partial charge is 0.270 e. The maximum atomic E-state index is 13.7. The van der Waals surface area contributed by atoms with E-state index in [0.717, 1.165) is 35.4 Å². The quantitative estimate of drug-likeness (QED) is 0.351. The summed E-state index contributed by atoms with van der Waals surface area (Å²) in [5.41, 5.74) is 4.38. The molecule has 1 N–H and O–H groups in total. The van der Waals surface area contributed by atoms with Crippen molar-refractivity contribution in [1.82, 2.24) is 14.9 Å². The van der Waals surface area contributed by atoms with Gasteiger partial charge >= 0.3 is 0 Å². The Morgan fingerprint density at radius 2 is 1.41 bits per heavy atom. The number of benzene rings is 3. The van der Waals surface area contributed by atoms with Gasteiger partial charge < -0.3 is 9.88 Å². The predicted octanol–water partition coefficient (Wildman–Crippen LogP) is 6.51. The SMILES string of the molecule is CCCC(NC(=O)c1c(-c2ccccc2)nc(-c2ccccc2)n1CC)c1ccccc1. The molecule has 0 aliphatic heterocycles. The highest BCUT2D eigenvalue weighted by Gasteiger charge is 2.26. The third-order valence-corrected chi connectivity index (χ3v) is 5.66. The first kappa shape index (κ1) is 21.6. The molecule has 0 radical (unpaired) electrons. The molecule has 4 aromatic rings. The second kappa shape index (κ2) is 10.1. The van der Waals surface area contributed by atoms with Gasteiger partial charge in [0.25, 0.3) is 5.91 Å². The Labute approximate surface area is 190 Å². The van der Waals surface area contributed by atoms with Crippen LogP contribution < -0.4 is 5.32 Å². The number of aromatic nitrogens is 2. The summed E-state index contributed by atoms with van der Waals surface area (Å²) in [6.45, 7) is 4.85. The Kier molecular flexibility index (Phi) is 6.81. The van der Waals surface area contributed by atoms with Crippen molar-refractivity contribution < 1.29 is 4.79 Å². The zero-order chi connectivity index (χ0) is 22.3. The van der Waals surface area contributed by atoms with E-state index in [0.29, 0.717) is 17.9 Å². The number of imidazole rings is 1. The van der Waals surface area contributed by atoms with Crippen LogP contribution in [0.5, 0.6) is 0 Å². The molecule has 0 saturated heterocycles. The normalized spacial score (nSPS) is 11.8. The van der Waals surface area contributed by atoms with Gasteiger partial charge in [-0.25, -0.2) is 4.98 Å². The van der Waals surface area contributed by atoms with Crippen LogP contribution >= 0.6 is 0 Å². The molecule has 4 nitrogen and oxygen atoms in total. The zero-order valence-corrected chi connectivity index (χ0v) is 18.7. The maximum Gasteiger partial charge on any atom is 0.270 e. The van der Waals surface area contributed by atoms with Crippen LogP contribution in [0.25, 0.3) is 22.6 Å². The van der Waals surface area contributed by atoms with Crippen LogP contribution in [0.4, 0.5) is 0 Å². The first-order valence-electron chi connectivity index (χ1n) is 11.3. The van der Waals surface area contributed by atoms with Crippen molar-refractivity contribution in [2.45, 2.75) is 39.3 Å². The number of amides is 1. The fraction of sp³-hybridized carbons (Fsp3) is 0.214. The van der Waals surface area contributed by atoms with Gasteiger partial charge in [-0.3, -0.25) is 4.79 Å². The average Bonchev–Trinajstić information content (AvgIpc) is 3.25. The summed E-state index contributed by atoms with van der Waals surface area (Å²) in [5, 5.41) is 3.30. The molecule has 0 bridgehead atoms. The number of hydrogen-bond acceptors (Lipinski definition) is 2. The number of hydrogen-bond donors (Lipinski definition) is 1. The van der Waals surface area contributed by atoms with Crippen molar-refractivity contribution in [2.24, 2.45) is 0 Å². The molecule has 0 aliphatic rings. The van der Waals surface area contributed by atoms with Gasteiger partial charge in [0, 0.05) is 17.7 Å². The summed E-state index contributed by atoms with van der Waals surface area (Å²) in [4.78, 5) is 18.7. The second-order valence-electron chi connectivity index (χ2n) is 7.83. The maximum absolute atomic E-state index is 13.7. The molecule has 1 aromatic heterocycles. The predicted molar refractivity (Wildman–Crippen MR) is 130 cm³/mol. The lowest BCUT2D eigenvalue weighted by Crippen LogP contribution is -2.30. The van der Waals surface area contributed by atoms with E-state index in [-0.39, 0.29) is 11.9 Å². The molecule has 1 amide bonds. The largest absolute Gasteiger partial charge is 0.344 e. The van der Waals surface area contributed by atoms with Crippen LogP contribution in [-0.2, 0) is 6.54 Å². The van der Waals surface area contributed by atoms with Gasteiger partial charge in [0.15, 0.2) is 0 Å². The van der Waals surface area contributed by atoms with Crippen molar-refractivity contribution in [2.75, 3.05) is 0 Å². The molecule has 4 heteroatoms. The fourth-order valence-corrected chi connectivity index (χ4v) is 4.12. The minimum atomic E-state index is -0.0947. The van der Waals surface area contributed by atoms with Gasteiger partial charge in [0.1, 0.15) is 17.2 Å². The third-order valence-electron chi connectivity index (χ3n) is 5.66. The van der Waals surface area contributed by atoms with Crippen molar-refractivity contribution in [3.63, 3.8) is 0 Å². The number of carbonyl (C=O) groups excluding carboxylic acids is 1. The van der Waals surface area contributed by atoms with E-state index in [1.54, 1.807) is 0 Å². The van der Waals surface area contributed by atoms with Crippen LogP contribution in [0.15, 0.2) is 91.0 Å². The molecule has 0 saturated carbocycles. The van der Waals surface area contributed by atoms with E-state index >= 15 is 0 Å². The molecule has 1 unspecified atom stereocenters. The molecule has 1 heterocycles. The topological polar surface area (TPSA) is 46.9 Å². The van der Waals surface area contributed by atoms with Crippen molar-refractivity contribution in [3.8, 4) is 22.6 Å². The molecular weight excluding hydrogens is 394 g/mol. The Morgan fingerprint density at radius 1 is 0.844 bits per heavy atom. The van der Waals surface area contributed by atoms with Crippen LogP contribution in [0.3, 0.4) is 0 Å². The fourth-order valence-electron chi connectivity index (χ4n) is 4.12. The van der Waals surface area contributed by atoms with Crippen molar-refractivity contribution >= 4 is 5.91 Å². The summed E-state index contributed by atoms with van der Waals surface area (Å²) < 4.78 is 2.03. The van der Waals surface area contributed by atoms with Crippen LogP contribution in [-0.4, -0.2) is 15.5 Å². The van der Waals surface area contributed by atoms with Gasteiger partial charge in [0.05, 0.1) is 6.04 Å². The number of nitrogens with one attached hydrogen (secondary N) is 1. The van der Waals surface area contributed by atoms with E-state index in [2.05, 4.69) is 31.3 Å². The van der Waals surface area contributed by atoms with Gasteiger partial charge in [-0.15, -0.1) is 0 Å². The van der Waals surface area contributed by atoms with E-state index in [9.17, 15) is 4.79 Å². The summed E-state index contributed by atoms with van der Waals surface area (Å²) in [7, 11) is 0. The highest BCUT2D eigenvalue weighted by Crippen LogP contribution is 2.30. The van der Waals surface area contributed by atoms with Gasteiger partial charge in [-0.2, -0.15) is 0 Å². The molecule has 0 aliphatic carbocycles. The lowest BCUT2D eigenvalue weighted by atomic mass is 10.0. The molecule has 0 spiro atoms. The Morgan fingerprint density at radius 3 is 1.97 bits per heavy atom. The lowest BCUT2D eigenvalue weighted by molar-refractivity contribution is 0.0926. The minimum Gasteiger partial charge on any atom is -0.344 e. The van der Waals surface area contributed by atoms with E-state index in [1.165, 1.54) is 0 Å². The van der Waals surface area contributed by atoms with Gasteiger partial charge in [-0.05, 0) is 18.9 Å².